The maximum absolute atomic E-state index is 5.85. The van der Waals surface area contributed by atoms with Gasteiger partial charge in [-0.25, -0.2) is 0 Å². The van der Waals surface area contributed by atoms with Gasteiger partial charge >= 0.3 is 0 Å². The number of hydrogen-bond acceptors (Lipinski definition) is 3. The first-order chi connectivity index (χ1) is 9.67. The van der Waals surface area contributed by atoms with Crippen molar-refractivity contribution in [1.82, 2.24) is 0 Å². The van der Waals surface area contributed by atoms with Crippen LogP contribution in [0.4, 0.5) is 0 Å². The van der Waals surface area contributed by atoms with Gasteiger partial charge in [0.2, 0.25) is 0 Å². The number of nitrogens with two attached hydrogens (primary N) is 1. The third-order valence-electron chi connectivity index (χ3n) is 3.61. The molecular weight excluding hydrogens is 250 g/mol. The summed E-state index contributed by atoms with van der Waals surface area (Å²) < 4.78 is 11.1. The molecule has 0 aromatic heterocycles. The normalized spacial score (nSPS) is 13.0. The molecule has 2 rings (SSSR count). The fraction of sp³-hybridized carbons (Fsp3) is 0.529. The van der Waals surface area contributed by atoms with E-state index in [0.717, 1.165) is 38.2 Å². The Bertz CT molecular complexity index is 502. The van der Waals surface area contributed by atoms with Gasteiger partial charge in [-0.15, -0.1) is 0 Å². The van der Waals surface area contributed by atoms with Crippen molar-refractivity contribution in [3.63, 3.8) is 0 Å². The van der Waals surface area contributed by atoms with Gasteiger partial charge in [0.15, 0.2) is 0 Å². The first-order valence-electron chi connectivity index (χ1n) is 7.31. The molecule has 0 spiro atoms. The van der Waals surface area contributed by atoms with Crippen LogP contribution in [0.3, 0.4) is 0 Å². The zero-order valence-corrected chi connectivity index (χ0v) is 12.8. The molecule has 0 amide bonds. The van der Waals surface area contributed by atoms with Crippen molar-refractivity contribution in [2.45, 2.75) is 33.1 Å². The van der Waals surface area contributed by atoms with Crippen molar-refractivity contribution < 1.29 is 9.47 Å². The van der Waals surface area contributed by atoms with Crippen molar-refractivity contribution in [2.75, 3.05) is 26.9 Å². The van der Waals surface area contributed by atoms with Gasteiger partial charge in [0.25, 0.3) is 0 Å². The summed E-state index contributed by atoms with van der Waals surface area (Å²) in [6.07, 6.45) is 5.06. The Morgan fingerprint density at radius 1 is 1.35 bits per heavy atom. The number of ether oxygens (including phenoxy) is 2. The standard InChI is InChI=1S/C17H25NO2/c1-12(2)10-16-13(5-8-19-3)11-14(4-7-18)17-15(16)6-9-20-17/h10-11H,4-9,18H2,1-3H3. The van der Waals surface area contributed by atoms with E-state index in [2.05, 4.69) is 26.0 Å². The fourth-order valence-corrected chi connectivity index (χ4v) is 2.78. The molecule has 1 heterocycles. The molecule has 0 unspecified atom stereocenters. The van der Waals surface area contributed by atoms with Gasteiger partial charge in [0, 0.05) is 19.1 Å². The van der Waals surface area contributed by atoms with Crippen LogP contribution in [0.15, 0.2) is 11.6 Å². The van der Waals surface area contributed by atoms with E-state index in [4.69, 9.17) is 15.2 Å². The molecule has 0 atom stereocenters. The topological polar surface area (TPSA) is 44.5 Å². The summed E-state index contributed by atoms with van der Waals surface area (Å²) in [4.78, 5) is 0. The van der Waals surface area contributed by atoms with Crippen LogP contribution in [0, 0.1) is 0 Å². The molecule has 2 N–H and O–H groups in total. The summed E-state index contributed by atoms with van der Waals surface area (Å²) in [7, 11) is 1.75. The lowest BCUT2D eigenvalue weighted by Crippen LogP contribution is -2.07. The Labute approximate surface area is 121 Å². The summed E-state index contributed by atoms with van der Waals surface area (Å²) in [6, 6.07) is 2.25. The number of rotatable bonds is 6. The number of hydrogen-bond donors (Lipinski definition) is 1. The van der Waals surface area contributed by atoms with Crippen LogP contribution in [0.2, 0.25) is 0 Å². The second-order valence-corrected chi connectivity index (χ2v) is 5.52. The summed E-state index contributed by atoms with van der Waals surface area (Å²) in [5, 5.41) is 0. The first-order valence-corrected chi connectivity index (χ1v) is 7.31. The van der Waals surface area contributed by atoms with Crippen molar-refractivity contribution in [1.29, 1.82) is 0 Å². The Morgan fingerprint density at radius 2 is 2.15 bits per heavy atom. The molecule has 1 aromatic rings. The van der Waals surface area contributed by atoms with Gasteiger partial charge in [0.1, 0.15) is 5.75 Å². The van der Waals surface area contributed by atoms with E-state index >= 15 is 0 Å². The van der Waals surface area contributed by atoms with Gasteiger partial charge in [-0.2, -0.15) is 0 Å². The fourth-order valence-electron chi connectivity index (χ4n) is 2.78. The summed E-state index contributed by atoms with van der Waals surface area (Å²) in [5.41, 5.74) is 12.3. The molecule has 0 saturated carbocycles. The summed E-state index contributed by atoms with van der Waals surface area (Å²) >= 11 is 0. The van der Waals surface area contributed by atoms with Crippen LogP contribution in [0.25, 0.3) is 6.08 Å². The lowest BCUT2D eigenvalue weighted by molar-refractivity contribution is 0.202. The van der Waals surface area contributed by atoms with E-state index < -0.39 is 0 Å². The number of benzene rings is 1. The van der Waals surface area contributed by atoms with Gasteiger partial charge < -0.3 is 15.2 Å². The molecule has 0 fully saturated rings. The molecule has 0 aliphatic carbocycles. The number of fused-ring (bicyclic) bond motifs is 1. The second-order valence-electron chi connectivity index (χ2n) is 5.52. The molecule has 3 nitrogen and oxygen atoms in total. The molecule has 3 heteroatoms. The molecule has 0 bridgehead atoms. The van der Waals surface area contributed by atoms with Crippen LogP contribution >= 0.6 is 0 Å². The van der Waals surface area contributed by atoms with E-state index in [1.807, 2.05) is 0 Å². The van der Waals surface area contributed by atoms with Crippen molar-refractivity contribution in [2.24, 2.45) is 5.73 Å². The summed E-state index contributed by atoms with van der Waals surface area (Å²) in [5.74, 6) is 1.07. The van der Waals surface area contributed by atoms with Crippen LogP contribution in [0.1, 0.15) is 36.1 Å². The highest BCUT2D eigenvalue weighted by Crippen LogP contribution is 2.36. The van der Waals surface area contributed by atoms with E-state index in [1.54, 1.807) is 7.11 Å². The third kappa shape index (κ3) is 3.22. The maximum Gasteiger partial charge on any atom is 0.126 e. The third-order valence-corrected chi connectivity index (χ3v) is 3.61. The minimum Gasteiger partial charge on any atom is -0.493 e. The molecule has 0 saturated heterocycles. The largest absolute Gasteiger partial charge is 0.493 e. The van der Waals surface area contributed by atoms with Crippen LogP contribution in [-0.2, 0) is 24.0 Å². The highest BCUT2D eigenvalue weighted by molar-refractivity contribution is 5.66. The van der Waals surface area contributed by atoms with Crippen LogP contribution in [0.5, 0.6) is 5.75 Å². The Kier molecular flexibility index (Phi) is 5.21. The smallest absolute Gasteiger partial charge is 0.126 e. The molecule has 1 aliphatic rings. The van der Waals surface area contributed by atoms with Crippen LogP contribution < -0.4 is 10.5 Å². The highest BCUT2D eigenvalue weighted by atomic mass is 16.5. The number of methoxy groups -OCH3 is 1. The van der Waals surface area contributed by atoms with Crippen molar-refractivity contribution in [3.8, 4) is 5.75 Å². The Balaban J connectivity index is 2.52. The van der Waals surface area contributed by atoms with Crippen LogP contribution in [-0.4, -0.2) is 26.9 Å². The lowest BCUT2D eigenvalue weighted by atomic mass is 9.91. The molecule has 20 heavy (non-hydrogen) atoms. The van der Waals surface area contributed by atoms with E-state index in [9.17, 15) is 0 Å². The molecule has 110 valence electrons. The maximum atomic E-state index is 5.85. The molecule has 1 aliphatic heterocycles. The SMILES string of the molecule is COCCc1cc(CCN)c2c(c1C=C(C)C)CCO2. The minimum absolute atomic E-state index is 0.654. The zero-order chi connectivity index (χ0) is 14.5. The lowest BCUT2D eigenvalue weighted by Gasteiger charge is -2.15. The average molecular weight is 275 g/mol. The quantitative estimate of drug-likeness (QED) is 0.868. The minimum atomic E-state index is 0.654. The van der Waals surface area contributed by atoms with Crippen molar-refractivity contribution >= 4 is 6.08 Å². The Morgan fingerprint density at radius 3 is 2.80 bits per heavy atom. The number of allylic oxidation sites excluding steroid dienone is 1. The first kappa shape index (κ1) is 15.1. The van der Waals surface area contributed by atoms with Crippen molar-refractivity contribution in [3.05, 3.63) is 33.9 Å². The van der Waals surface area contributed by atoms with Gasteiger partial charge in [0.05, 0.1) is 13.2 Å². The predicted molar refractivity (Wildman–Crippen MR) is 83.3 cm³/mol. The monoisotopic (exact) mass is 275 g/mol. The molecule has 1 aromatic carbocycles. The molecular formula is C17H25NO2. The average Bonchev–Trinajstić information content (AvgIpc) is 2.89. The van der Waals surface area contributed by atoms with E-state index in [-0.39, 0.29) is 0 Å². The van der Waals surface area contributed by atoms with E-state index in [0.29, 0.717) is 6.54 Å². The van der Waals surface area contributed by atoms with Gasteiger partial charge in [-0.05, 0) is 49.9 Å². The van der Waals surface area contributed by atoms with Gasteiger partial charge in [-0.3, -0.25) is 0 Å². The second kappa shape index (κ2) is 6.91. The zero-order valence-electron chi connectivity index (χ0n) is 12.8. The predicted octanol–water partition coefficient (Wildman–Crippen LogP) is 2.73. The molecule has 0 radical (unpaired) electrons. The highest BCUT2D eigenvalue weighted by Gasteiger charge is 2.22. The van der Waals surface area contributed by atoms with Gasteiger partial charge in [-0.1, -0.05) is 17.7 Å². The Hall–Kier alpha value is -1.32. The summed E-state index contributed by atoms with van der Waals surface area (Å²) in [6.45, 7) is 6.45. The van der Waals surface area contributed by atoms with E-state index in [1.165, 1.54) is 27.8 Å².